The number of ether oxygens (including phenoxy) is 1. The Morgan fingerprint density at radius 1 is 1.25 bits per heavy atom. The summed E-state index contributed by atoms with van der Waals surface area (Å²) in [5.41, 5.74) is -0.305. The van der Waals surface area contributed by atoms with Gasteiger partial charge in [-0.2, -0.15) is 0 Å². The lowest BCUT2D eigenvalue weighted by Crippen LogP contribution is -2.32. The summed E-state index contributed by atoms with van der Waals surface area (Å²) in [6, 6.07) is 2.50. The van der Waals surface area contributed by atoms with Crippen molar-refractivity contribution in [2.24, 2.45) is 0 Å². The highest BCUT2D eigenvalue weighted by Gasteiger charge is 2.17. The monoisotopic (exact) mass is 334 g/mol. The maximum atomic E-state index is 11.4. The van der Waals surface area contributed by atoms with Crippen LogP contribution in [0.3, 0.4) is 0 Å². The van der Waals surface area contributed by atoms with E-state index in [0.717, 1.165) is 6.07 Å². The van der Waals surface area contributed by atoms with Crippen molar-refractivity contribution < 1.29 is 34.4 Å². The minimum atomic E-state index is -1.68. The number of hydrogen-bond acceptors (Lipinski definition) is 7. The van der Waals surface area contributed by atoms with E-state index in [2.05, 4.69) is 6.58 Å². The zero-order valence-corrected chi connectivity index (χ0v) is 13.5. The molecule has 1 atom stereocenters. The molecule has 0 heterocycles. The van der Waals surface area contributed by atoms with Crippen LogP contribution < -0.4 is 10.2 Å². The van der Waals surface area contributed by atoms with Gasteiger partial charge in [0.2, 0.25) is 0 Å². The van der Waals surface area contributed by atoms with Gasteiger partial charge < -0.3 is 29.6 Å². The molecular formula is C17H18O7-2. The molecule has 1 aromatic rings. The molecule has 7 heteroatoms. The quantitative estimate of drug-likeness (QED) is 0.477. The van der Waals surface area contributed by atoms with Gasteiger partial charge in [-0.25, -0.2) is 4.79 Å². The standard InChI is InChI=1S/C17H20O7/c1-9(2)17(23)24-7-6-12-11(8-10(3)18)4-5-13(15(19)20)14(12)16(21)22/h4-5,10,18H,1,6-8H2,2-3H3,(H,19,20)(H,21,22)/p-2. The van der Waals surface area contributed by atoms with Crippen LogP contribution in [0.15, 0.2) is 24.3 Å². The molecule has 0 spiro atoms. The number of aromatic carboxylic acids is 2. The number of aliphatic hydroxyl groups is 1. The number of carboxylic acids is 2. The van der Waals surface area contributed by atoms with Crippen molar-refractivity contribution in [1.82, 2.24) is 0 Å². The van der Waals surface area contributed by atoms with E-state index in [1.54, 1.807) is 0 Å². The molecule has 0 aliphatic heterocycles. The number of esters is 1. The maximum absolute atomic E-state index is 11.4. The van der Waals surface area contributed by atoms with Crippen LogP contribution in [-0.2, 0) is 22.4 Å². The number of carbonyl (C=O) groups is 3. The van der Waals surface area contributed by atoms with Crippen LogP contribution in [0.25, 0.3) is 0 Å². The highest BCUT2D eigenvalue weighted by molar-refractivity contribution is 6.01. The first-order chi connectivity index (χ1) is 11.1. The molecule has 0 saturated heterocycles. The van der Waals surface area contributed by atoms with Gasteiger partial charge in [-0.15, -0.1) is 0 Å². The van der Waals surface area contributed by atoms with E-state index >= 15 is 0 Å². The third-order valence-electron chi connectivity index (χ3n) is 3.28. The highest BCUT2D eigenvalue weighted by Crippen LogP contribution is 2.22. The van der Waals surface area contributed by atoms with Crippen LogP contribution in [-0.4, -0.2) is 35.7 Å². The first-order valence-corrected chi connectivity index (χ1v) is 7.23. The van der Waals surface area contributed by atoms with Gasteiger partial charge in [0.25, 0.3) is 0 Å². The predicted octanol–water partition coefficient (Wildman–Crippen LogP) is -1.00. The molecule has 130 valence electrons. The Hall–Kier alpha value is -2.67. The molecule has 7 nitrogen and oxygen atoms in total. The third kappa shape index (κ3) is 4.92. The molecule has 0 aromatic heterocycles. The van der Waals surface area contributed by atoms with Gasteiger partial charge in [0.15, 0.2) is 0 Å². The van der Waals surface area contributed by atoms with E-state index in [9.17, 15) is 29.7 Å². The summed E-state index contributed by atoms with van der Waals surface area (Å²) in [6.07, 6.45) is -0.715. The molecule has 0 aliphatic carbocycles. The second kappa shape index (κ2) is 8.26. The summed E-state index contributed by atoms with van der Waals surface area (Å²) in [5, 5.41) is 32.1. The fourth-order valence-corrected chi connectivity index (χ4v) is 2.26. The van der Waals surface area contributed by atoms with Gasteiger partial charge >= 0.3 is 5.97 Å². The fraction of sp³-hybridized carbons (Fsp3) is 0.353. The number of benzene rings is 1. The van der Waals surface area contributed by atoms with E-state index in [1.165, 1.54) is 19.9 Å². The lowest BCUT2D eigenvalue weighted by atomic mass is 9.91. The molecule has 0 bridgehead atoms. The predicted molar refractivity (Wildman–Crippen MR) is 80.0 cm³/mol. The van der Waals surface area contributed by atoms with Gasteiger partial charge in [-0.1, -0.05) is 18.7 Å². The normalized spacial score (nSPS) is 11.6. The molecular weight excluding hydrogens is 316 g/mol. The molecule has 24 heavy (non-hydrogen) atoms. The zero-order valence-electron chi connectivity index (χ0n) is 13.5. The largest absolute Gasteiger partial charge is 0.545 e. The third-order valence-corrected chi connectivity index (χ3v) is 3.28. The summed E-state index contributed by atoms with van der Waals surface area (Å²) < 4.78 is 4.93. The van der Waals surface area contributed by atoms with Crippen LogP contribution >= 0.6 is 0 Å². The summed E-state index contributed by atoms with van der Waals surface area (Å²) in [7, 11) is 0. The van der Waals surface area contributed by atoms with Crippen LogP contribution in [0.5, 0.6) is 0 Å². The average molecular weight is 334 g/mol. The second-order valence-electron chi connectivity index (χ2n) is 5.42. The Balaban J connectivity index is 3.26. The lowest BCUT2D eigenvalue weighted by Gasteiger charge is -2.21. The Morgan fingerprint density at radius 2 is 1.88 bits per heavy atom. The van der Waals surface area contributed by atoms with E-state index < -0.39 is 35.1 Å². The molecule has 1 rings (SSSR count). The average Bonchev–Trinajstić information content (AvgIpc) is 2.46. The Labute approximate surface area is 139 Å². The minimum absolute atomic E-state index is 0.0501. The fourth-order valence-electron chi connectivity index (χ4n) is 2.26. The first-order valence-electron chi connectivity index (χ1n) is 7.23. The van der Waals surface area contributed by atoms with Crippen molar-refractivity contribution in [3.63, 3.8) is 0 Å². The molecule has 0 aliphatic rings. The van der Waals surface area contributed by atoms with Crippen molar-refractivity contribution in [2.75, 3.05) is 6.61 Å². The first kappa shape index (κ1) is 19.4. The second-order valence-corrected chi connectivity index (χ2v) is 5.42. The number of aliphatic hydroxyl groups excluding tert-OH is 1. The molecule has 0 radical (unpaired) electrons. The van der Waals surface area contributed by atoms with Gasteiger partial charge in [0, 0.05) is 23.1 Å². The van der Waals surface area contributed by atoms with E-state index in [1.807, 2.05) is 0 Å². The van der Waals surface area contributed by atoms with Gasteiger partial charge in [-0.05, 0) is 31.4 Å². The molecule has 1 aromatic carbocycles. The van der Waals surface area contributed by atoms with Crippen molar-refractivity contribution in [3.8, 4) is 0 Å². The Morgan fingerprint density at radius 3 is 2.33 bits per heavy atom. The van der Waals surface area contributed by atoms with Crippen molar-refractivity contribution >= 4 is 17.9 Å². The van der Waals surface area contributed by atoms with Crippen LogP contribution in [0.4, 0.5) is 0 Å². The van der Waals surface area contributed by atoms with Crippen molar-refractivity contribution in [2.45, 2.75) is 32.8 Å². The van der Waals surface area contributed by atoms with Gasteiger partial charge in [0.1, 0.15) is 0 Å². The Bertz CT molecular complexity index is 674. The van der Waals surface area contributed by atoms with Crippen LogP contribution in [0.2, 0.25) is 0 Å². The summed E-state index contributed by atoms with van der Waals surface area (Å²) in [5.74, 6) is -3.97. The number of hydrogen-bond donors (Lipinski definition) is 1. The summed E-state index contributed by atoms with van der Waals surface area (Å²) in [6.45, 7) is 6.22. The van der Waals surface area contributed by atoms with Crippen molar-refractivity contribution in [3.05, 3.63) is 46.5 Å². The topological polar surface area (TPSA) is 127 Å². The highest BCUT2D eigenvalue weighted by atomic mass is 16.5. The maximum Gasteiger partial charge on any atom is 0.333 e. The van der Waals surface area contributed by atoms with Crippen molar-refractivity contribution in [1.29, 1.82) is 0 Å². The molecule has 0 amide bonds. The van der Waals surface area contributed by atoms with Crippen LogP contribution in [0.1, 0.15) is 45.7 Å². The SMILES string of the molecule is C=C(C)C(=O)OCCc1c(CC(C)O)ccc(C(=O)[O-])c1C(=O)[O-]. The molecule has 0 fully saturated rings. The Kier molecular flexibility index (Phi) is 6.67. The molecule has 1 unspecified atom stereocenters. The summed E-state index contributed by atoms with van der Waals surface area (Å²) >= 11 is 0. The number of rotatable bonds is 8. The lowest BCUT2D eigenvalue weighted by molar-refractivity contribution is -0.259. The number of carbonyl (C=O) groups excluding carboxylic acids is 3. The van der Waals surface area contributed by atoms with Crippen LogP contribution in [0, 0.1) is 0 Å². The van der Waals surface area contributed by atoms with E-state index in [0.29, 0.717) is 5.56 Å². The molecule has 1 N–H and O–H groups in total. The zero-order chi connectivity index (χ0) is 18.4. The number of carboxylic acid groups (broad SMARTS) is 2. The van der Waals surface area contributed by atoms with Gasteiger partial charge in [0.05, 0.1) is 24.6 Å². The van der Waals surface area contributed by atoms with Gasteiger partial charge in [-0.3, -0.25) is 0 Å². The minimum Gasteiger partial charge on any atom is -0.545 e. The summed E-state index contributed by atoms with van der Waals surface area (Å²) in [4.78, 5) is 33.9. The van der Waals surface area contributed by atoms with E-state index in [4.69, 9.17) is 4.74 Å². The smallest absolute Gasteiger partial charge is 0.333 e. The molecule has 0 saturated carbocycles. The van der Waals surface area contributed by atoms with E-state index in [-0.39, 0.29) is 30.6 Å².